The minimum absolute atomic E-state index is 0.179. The average Bonchev–Trinajstić information content (AvgIpc) is 2.97. The number of carbonyl (C=O) groups excluding carboxylic acids is 2. The second-order valence-electron chi connectivity index (χ2n) is 5.13. The van der Waals surface area contributed by atoms with Gasteiger partial charge in [0, 0.05) is 5.56 Å². The van der Waals surface area contributed by atoms with Gasteiger partial charge in [-0.05, 0) is 18.2 Å². The maximum atomic E-state index is 12.4. The highest BCUT2D eigenvalue weighted by Gasteiger charge is 2.33. The van der Waals surface area contributed by atoms with Crippen LogP contribution in [0.2, 0.25) is 0 Å². The molecule has 25 heavy (non-hydrogen) atoms. The van der Waals surface area contributed by atoms with Crippen LogP contribution in [0, 0.1) is 0 Å². The number of nitrogens with one attached hydrogen (secondary N) is 2. The SMILES string of the molecule is O=C(Nc1ccc(C(F)(F)F)nn1)C(=O)N[C@@H]1COc2ccccc21. The molecular weight excluding hydrogens is 341 g/mol. The first-order valence-electron chi connectivity index (χ1n) is 7.09. The number of fused-ring (bicyclic) bond motifs is 1. The van der Waals surface area contributed by atoms with Crippen molar-refractivity contribution in [3.05, 3.63) is 47.7 Å². The van der Waals surface area contributed by atoms with E-state index in [4.69, 9.17) is 4.74 Å². The number of carbonyl (C=O) groups is 2. The molecule has 7 nitrogen and oxygen atoms in total. The number of hydrogen-bond donors (Lipinski definition) is 2. The summed E-state index contributed by atoms with van der Waals surface area (Å²) < 4.78 is 42.6. The van der Waals surface area contributed by atoms with Gasteiger partial charge in [-0.2, -0.15) is 13.2 Å². The van der Waals surface area contributed by atoms with E-state index in [1.165, 1.54) is 0 Å². The molecule has 0 spiro atoms. The summed E-state index contributed by atoms with van der Waals surface area (Å²) in [6.07, 6.45) is -4.64. The van der Waals surface area contributed by atoms with Gasteiger partial charge >= 0.3 is 18.0 Å². The van der Waals surface area contributed by atoms with Crippen LogP contribution in [0.1, 0.15) is 17.3 Å². The Labute approximate surface area is 139 Å². The fraction of sp³-hybridized carbons (Fsp3) is 0.200. The standard InChI is InChI=1S/C15H11F3N4O3/c16-15(17,18)11-5-6-12(22-21-11)20-14(24)13(23)19-9-7-25-10-4-2-1-3-8(9)10/h1-6,9H,7H2,(H,19,23)(H,20,22,24)/t9-/m1/s1. The number of halogens is 3. The van der Waals surface area contributed by atoms with E-state index in [-0.39, 0.29) is 12.4 Å². The van der Waals surface area contributed by atoms with Gasteiger partial charge in [0.2, 0.25) is 0 Å². The van der Waals surface area contributed by atoms with Crippen LogP contribution in [0.4, 0.5) is 19.0 Å². The fourth-order valence-corrected chi connectivity index (χ4v) is 2.23. The van der Waals surface area contributed by atoms with E-state index in [2.05, 4.69) is 20.8 Å². The van der Waals surface area contributed by atoms with Crippen LogP contribution in [0.15, 0.2) is 36.4 Å². The van der Waals surface area contributed by atoms with Crippen molar-refractivity contribution < 1.29 is 27.5 Å². The maximum absolute atomic E-state index is 12.4. The minimum Gasteiger partial charge on any atom is -0.491 e. The third kappa shape index (κ3) is 3.67. The van der Waals surface area contributed by atoms with Gasteiger partial charge in [-0.15, -0.1) is 10.2 Å². The van der Waals surface area contributed by atoms with E-state index in [0.717, 1.165) is 11.6 Å². The molecule has 0 radical (unpaired) electrons. The molecule has 2 aromatic rings. The number of benzene rings is 1. The summed E-state index contributed by atoms with van der Waals surface area (Å²) in [4.78, 5) is 23.8. The molecule has 0 unspecified atom stereocenters. The molecule has 0 bridgehead atoms. The van der Waals surface area contributed by atoms with Crippen molar-refractivity contribution in [3.8, 4) is 5.75 Å². The van der Waals surface area contributed by atoms with Gasteiger partial charge in [-0.25, -0.2) is 0 Å². The lowest BCUT2D eigenvalue weighted by Crippen LogP contribution is -2.38. The molecule has 2 amide bonds. The lowest BCUT2D eigenvalue weighted by atomic mass is 10.1. The number of amides is 2. The predicted molar refractivity (Wildman–Crippen MR) is 78.5 cm³/mol. The highest BCUT2D eigenvalue weighted by molar-refractivity contribution is 6.39. The van der Waals surface area contributed by atoms with Gasteiger partial charge < -0.3 is 15.4 Å². The van der Waals surface area contributed by atoms with Gasteiger partial charge in [0.15, 0.2) is 11.5 Å². The molecule has 0 fully saturated rings. The van der Waals surface area contributed by atoms with Crippen molar-refractivity contribution in [2.45, 2.75) is 12.2 Å². The second kappa shape index (κ2) is 6.38. The fourth-order valence-electron chi connectivity index (χ4n) is 2.23. The largest absolute Gasteiger partial charge is 0.491 e. The van der Waals surface area contributed by atoms with Crippen molar-refractivity contribution in [1.82, 2.24) is 15.5 Å². The number of rotatable bonds is 2. The Balaban J connectivity index is 1.61. The van der Waals surface area contributed by atoms with Gasteiger partial charge in [-0.1, -0.05) is 18.2 Å². The van der Waals surface area contributed by atoms with Crippen LogP contribution in [-0.4, -0.2) is 28.6 Å². The first kappa shape index (κ1) is 16.7. The lowest BCUT2D eigenvalue weighted by molar-refractivity contribution is -0.141. The number of nitrogens with zero attached hydrogens (tertiary/aromatic N) is 2. The number of para-hydroxylation sites is 1. The maximum Gasteiger partial charge on any atom is 0.435 e. The molecule has 1 aromatic carbocycles. The van der Waals surface area contributed by atoms with Crippen LogP contribution in [0.5, 0.6) is 5.75 Å². The number of hydrogen-bond acceptors (Lipinski definition) is 5. The summed E-state index contributed by atoms with van der Waals surface area (Å²) in [5.41, 5.74) is -0.465. The highest BCUT2D eigenvalue weighted by Crippen LogP contribution is 2.31. The molecule has 1 aromatic heterocycles. The zero-order valence-electron chi connectivity index (χ0n) is 12.5. The first-order valence-corrected chi connectivity index (χ1v) is 7.09. The molecule has 2 heterocycles. The molecule has 1 aliphatic heterocycles. The van der Waals surface area contributed by atoms with Crippen molar-refractivity contribution >= 4 is 17.6 Å². The third-order valence-corrected chi connectivity index (χ3v) is 3.41. The smallest absolute Gasteiger partial charge is 0.435 e. The van der Waals surface area contributed by atoms with Crippen molar-refractivity contribution in [3.63, 3.8) is 0 Å². The van der Waals surface area contributed by atoms with Crippen molar-refractivity contribution in [2.24, 2.45) is 0 Å². The number of alkyl halides is 3. The van der Waals surface area contributed by atoms with E-state index in [9.17, 15) is 22.8 Å². The molecule has 1 aliphatic rings. The van der Waals surface area contributed by atoms with Gasteiger partial charge in [0.1, 0.15) is 12.4 Å². The first-order chi connectivity index (χ1) is 11.8. The molecule has 3 rings (SSSR count). The molecule has 0 aliphatic carbocycles. The molecule has 2 N–H and O–H groups in total. The Hall–Kier alpha value is -3.17. The second-order valence-corrected chi connectivity index (χ2v) is 5.13. The van der Waals surface area contributed by atoms with Crippen LogP contribution in [-0.2, 0) is 15.8 Å². The summed E-state index contributed by atoms with van der Waals surface area (Å²) in [5, 5.41) is 10.8. The minimum atomic E-state index is -4.64. The van der Waals surface area contributed by atoms with Crippen LogP contribution >= 0.6 is 0 Å². The summed E-state index contributed by atoms with van der Waals surface area (Å²) in [7, 11) is 0. The normalized spacial score (nSPS) is 15.9. The predicted octanol–water partition coefficient (Wildman–Crippen LogP) is 1.68. The Morgan fingerprint density at radius 1 is 1.08 bits per heavy atom. The monoisotopic (exact) mass is 352 g/mol. The number of anilines is 1. The van der Waals surface area contributed by atoms with Crippen molar-refractivity contribution in [1.29, 1.82) is 0 Å². The topological polar surface area (TPSA) is 93.2 Å². The Bertz CT molecular complexity index is 808. The zero-order valence-corrected chi connectivity index (χ0v) is 12.5. The molecule has 10 heteroatoms. The van der Waals surface area contributed by atoms with Crippen LogP contribution in [0.25, 0.3) is 0 Å². The number of ether oxygens (including phenoxy) is 1. The highest BCUT2D eigenvalue weighted by atomic mass is 19.4. The lowest BCUT2D eigenvalue weighted by Gasteiger charge is -2.11. The number of aromatic nitrogens is 2. The van der Waals surface area contributed by atoms with E-state index in [1.807, 2.05) is 0 Å². The van der Waals surface area contributed by atoms with E-state index < -0.39 is 29.7 Å². The quantitative estimate of drug-likeness (QED) is 0.803. The van der Waals surface area contributed by atoms with Crippen LogP contribution in [0.3, 0.4) is 0 Å². The Morgan fingerprint density at radius 3 is 2.52 bits per heavy atom. The zero-order chi connectivity index (χ0) is 18.0. The van der Waals surface area contributed by atoms with Gasteiger partial charge in [-0.3, -0.25) is 9.59 Å². The molecule has 130 valence electrons. The summed E-state index contributed by atoms with van der Waals surface area (Å²) in [6.45, 7) is 0.179. The molecular formula is C15H11F3N4O3. The summed E-state index contributed by atoms with van der Waals surface area (Å²) in [6, 6.07) is 8.11. The van der Waals surface area contributed by atoms with Crippen LogP contribution < -0.4 is 15.4 Å². The van der Waals surface area contributed by atoms with E-state index in [1.54, 1.807) is 24.3 Å². The summed E-state index contributed by atoms with van der Waals surface area (Å²) in [5.74, 6) is -1.69. The Kier molecular flexibility index (Phi) is 4.26. The van der Waals surface area contributed by atoms with E-state index >= 15 is 0 Å². The van der Waals surface area contributed by atoms with Crippen molar-refractivity contribution in [2.75, 3.05) is 11.9 Å². The molecule has 0 saturated carbocycles. The average molecular weight is 352 g/mol. The van der Waals surface area contributed by atoms with Gasteiger partial charge in [0.25, 0.3) is 0 Å². The van der Waals surface area contributed by atoms with Gasteiger partial charge in [0.05, 0.1) is 6.04 Å². The Morgan fingerprint density at radius 2 is 1.84 bits per heavy atom. The summed E-state index contributed by atoms with van der Waals surface area (Å²) >= 11 is 0. The van der Waals surface area contributed by atoms with E-state index in [0.29, 0.717) is 11.8 Å². The molecule has 1 atom stereocenters. The molecule has 0 saturated heterocycles. The third-order valence-electron chi connectivity index (χ3n) is 3.41.